The third-order valence-corrected chi connectivity index (χ3v) is 3.10. The Morgan fingerprint density at radius 2 is 2.16 bits per heavy atom. The Morgan fingerprint density at radius 1 is 1.16 bits per heavy atom. The molecule has 0 fully saturated rings. The Bertz CT molecular complexity index is 862. The van der Waals surface area contributed by atoms with Crippen molar-refractivity contribution in [1.29, 1.82) is 0 Å². The molecule has 0 unspecified atom stereocenters. The molecule has 0 atom stereocenters. The molecule has 3 heterocycles. The van der Waals surface area contributed by atoms with Crippen LogP contribution in [0, 0.1) is 0 Å². The van der Waals surface area contributed by atoms with Gasteiger partial charge in [-0.2, -0.15) is 5.10 Å². The summed E-state index contributed by atoms with van der Waals surface area (Å²) in [6.07, 6.45) is 6.96. The fourth-order valence-electron chi connectivity index (χ4n) is 2.15. The van der Waals surface area contributed by atoms with E-state index in [2.05, 4.69) is 20.5 Å². The smallest absolute Gasteiger partial charge is 0.154 e. The van der Waals surface area contributed by atoms with Gasteiger partial charge in [0.15, 0.2) is 5.58 Å². The monoisotopic (exact) mass is 250 g/mol. The fourth-order valence-corrected chi connectivity index (χ4v) is 2.15. The van der Waals surface area contributed by atoms with E-state index in [0.29, 0.717) is 0 Å². The molecule has 92 valence electrons. The molecular weight excluding hydrogens is 240 g/mol. The molecule has 0 aliphatic rings. The third-order valence-electron chi connectivity index (χ3n) is 3.10. The van der Waals surface area contributed by atoms with Crippen LogP contribution in [-0.4, -0.2) is 15.2 Å². The van der Waals surface area contributed by atoms with Crippen molar-refractivity contribution in [3.8, 4) is 0 Å². The van der Waals surface area contributed by atoms with Crippen molar-refractivity contribution in [2.75, 3.05) is 5.32 Å². The molecule has 0 aliphatic carbocycles. The van der Waals surface area contributed by atoms with Crippen molar-refractivity contribution >= 4 is 33.2 Å². The van der Waals surface area contributed by atoms with Crippen molar-refractivity contribution in [3.63, 3.8) is 0 Å². The highest BCUT2D eigenvalue weighted by Gasteiger charge is 2.06. The average Bonchev–Trinajstić information content (AvgIpc) is 3.06. The van der Waals surface area contributed by atoms with E-state index < -0.39 is 0 Å². The van der Waals surface area contributed by atoms with Crippen LogP contribution in [0.25, 0.3) is 21.9 Å². The van der Waals surface area contributed by atoms with Crippen LogP contribution in [-0.2, 0) is 0 Å². The molecule has 0 radical (unpaired) electrons. The molecule has 4 rings (SSSR count). The van der Waals surface area contributed by atoms with Gasteiger partial charge in [-0.25, -0.2) is 0 Å². The minimum Gasteiger partial charge on any atom is -0.460 e. The number of aromatic amines is 1. The van der Waals surface area contributed by atoms with E-state index in [1.807, 2.05) is 24.3 Å². The molecule has 19 heavy (non-hydrogen) atoms. The Kier molecular flexibility index (Phi) is 2.05. The van der Waals surface area contributed by atoms with Crippen molar-refractivity contribution < 1.29 is 4.42 Å². The summed E-state index contributed by atoms with van der Waals surface area (Å²) in [5.74, 6) is 0. The summed E-state index contributed by atoms with van der Waals surface area (Å²) < 4.78 is 5.45. The molecule has 0 saturated heterocycles. The molecule has 1 aromatic carbocycles. The first-order chi connectivity index (χ1) is 9.40. The van der Waals surface area contributed by atoms with Crippen LogP contribution in [0.4, 0.5) is 11.4 Å². The van der Waals surface area contributed by atoms with Crippen molar-refractivity contribution in [2.45, 2.75) is 0 Å². The zero-order valence-corrected chi connectivity index (χ0v) is 9.92. The second-order valence-electron chi connectivity index (χ2n) is 4.32. The quantitative estimate of drug-likeness (QED) is 0.571. The van der Waals surface area contributed by atoms with Crippen LogP contribution in [0.1, 0.15) is 0 Å². The second-order valence-corrected chi connectivity index (χ2v) is 4.32. The lowest BCUT2D eigenvalue weighted by Gasteiger charge is -2.03. The van der Waals surface area contributed by atoms with Gasteiger partial charge < -0.3 is 9.73 Å². The number of fused-ring (bicyclic) bond motifs is 2. The lowest BCUT2D eigenvalue weighted by atomic mass is 10.2. The minimum absolute atomic E-state index is 0.771. The summed E-state index contributed by atoms with van der Waals surface area (Å²) >= 11 is 0. The SMILES string of the molecule is c1cc2c(Nc3ccc4cn[nH]c4c3)coc2cn1. The van der Waals surface area contributed by atoms with E-state index >= 15 is 0 Å². The van der Waals surface area contributed by atoms with Gasteiger partial charge in [0.25, 0.3) is 0 Å². The van der Waals surface area contributed by atoms with E-state index in [-0.39, 0.29) is 0 Å². The van der Waals surface area contributed by atoms with Gasteiger partial charge in [-0.15, -0.1) is 0 Å². The number of rotatable bonds is 2. The topological polar surface area (TPSA) is 66.7 Å². The maximum Gasteiger partial charge on any atom is 0.154 e. The van der Waals surface area contributed by atoms with E-state index in [0.717, 1.165) is 33.2 Å². The Labute approximate surface area is 108 Å². The van der Waals surface area contributed by atoms with Gasteiger partial charge in [-0.05, 0) is 24.3 Å². The highest BCUT2D eigenvalue weighted by molar-refractivity contribution is 5.92. The zero-order valence-electron chi connectivity index (χ0n) is 9.92. The van der Waals surface area contributed by atoms with Gasteiger partial charge in [0.05, 0.1) is 23.6 Å². The molecule has 5 nitrogen and oxygen atoms in total. The maximum absolute atomic E-state index is 5.45. The van der Waals surface area contributed by atoms with Crippen LogP contribution in [0.3, 0.4) is 0 Å². The molecule has 0 spiro atoms. The van der Waals surface area contributed by atoms with Crippen LogP contribution in [0.15, 0.2) is 53.5 Å². The summed E-state index contributed by atoms with van der Waals surface area (Å²) in [4.78, 5) is 4.03. The summed E-state index contributed by atoms with van der Waals surface area (Å²) in [5, 5.41) is 12.4. The summed E-state index contributed by atoms with van der Waals surface area (Å²) in [7, 11) is 0. The van der Waals surface area contributed by atoms with E-state index in [1.165, 1.54) is 0 Å². The van der Waals surface area contributed by atoms with Gasteiger partial charge in [0.1, 0.15) is 6.26 Å². The first-order valence-electron chi connectivity index (χ1n) is 5.91. The molecule has 0 aliphatic heterocycles. The summed E-state index contributed by atoms with van der Waals surface area (Å²) in [5.41, 5.74) is 3.68. The van der Waals surface area contributed by atoms with E-state index in [1.54, 1.807) is 24.9 Å². The van der Waals surface area contributed by atoms with Crippen LogP contribution < -0.4 is 5.32 Å². The van der Waals surface area contributed by atoms with Gasteiger partial charge in [-0.1, -0.05) is 0 Å². The number of nitrogens with one attached hydrogen (secondary N) is 2. The first kappa shape index (κ1) is 10.1. The number of aromatic nitrogens is 3. The number of anilines is 2. The Hall–Kier alpha value is -2.82. The second kappa shape index (κ2) is 3.84. The molecule has 3 aromatic heterocycles. The number of hydrogen-bond acceptors (Lipinski definition) is 4. The van der Waals surface area contributed by atoms with Crippen LogP contribution in [0.5, 0.6) is 0 Å². The van der Waals surface area contributed by atoms with Gasteiger partial charge in [0, 0.05) is 22.7 Å². The number of H-pyrrole nitrogens is 1. The third kappa shape index (κ3) is 1.63. The molecule has 2 N–H and O–H groups in total. The van der Waals surface area contributed by atoms with Gasteiger partial charge in [0.2, 0.25) is 0 Å². The minimum atomic E-state index is 0.771. The normalized spacial score (nSPS) is 11.2. The average molecular weight is 250 g/mol. The highest BCUT2D eigenvalue weighted by atomic mass is 16.3. The van der Waals surface area contributed by atoms with E-state index in [4.69, 9.17) is 4.42 Å². The zero-order chi connectivity index (χ0) is 12.7. The fraction of sp³-hybridized carbons (Fsp3) is 0. The highest BCUT2D eigenvalue weighted by Crippen LogP contribution is 2.28. The lowest BCUT2D eigenvalue weighted by molar-refractivity contribution is 0.615. The summed E-state index contributed by atoms with van der Waals surface area (Å²) in [6.45, 7) is 0. The number of nitrogens with zero attached hydrogens (tertiary/aromatic N) is 2. The molecule has 0 amide bonds. The number of pyridine rings is 1. The predicted molar refractivity (Wildman–Crippen MR) is 73.4 cm³/mol. The van der Waals surface area contributed by atoms with E-state index in [9.17, 15) is 0 Å². The molecule has 0 saturated carbocycles. The number of benzene rings is 1. The first-order valence-corrected chi connectivity index (χ1v) is 5.91. The maximum atomic E-state index is 5.45. The predicted octanol–water partition coefficient (Wildman–Crippen LogP) is 3.45. The molecule has 4 aromatic rings. The Morgan fingerprint density at radius 3 is 3.16 bits per heavy atom. The van der Waals surface area contributed by atoms with Crippen molar-refractivity contribution in [3.05, 3.63) is 49.1 Å². The Balaban J connectivity index is 1.77. The van der Waals surface area contributed by atoms with Crippen molar-refractivity contribution in [1.82, 2.24) is 15.2 Å². The van der Waals surface area contributed by atoms with Gasteiger partial charge in [-0.3, -0.25) is 10.1 Å². The van der Waals surface area contributed by atoms with Crippen LogP contribution in [0.2, 0.25) is 0 Å². The lowest BCUT2D eigenvalue weighted by Crippen LogP contribution is -1.88. The molecule has 5 heteroatoms. The van der Waals surface area contributed by atoms with Crippen LogP contribution >= 0.6 is 0 Å². The number of furan rings is 1. The molecular formula is C14H10N4O. The van der Waals surface area contributed by atoms with Gasteiger partial charge >= 0.3 is 0 Å². The standard InChI is InChI=1S/C14H10N4O/c1-2-10(5-12-9(1)6-16-18-12)17-13-8-19-14-7-15-4-3-11(13)14/h1-8,17H,(H,16,18). The van der Waals surface area contributed by atoms with Crippen molar-refractivity contribution in [2.24, 2.45) is 0 Å². The largest absolute Gasteiger partial charge is 0.460 e. The molecule has 0 bridgehead atoms. The number of hydrogen-bond donors (Lipinski definition) is 2. The summed E-state index contributed by atoms with van der Waals surface area (Å²) in [6, 6.07) is 7.97.